The zero-order chi connectivity index (χ0) is 15.2. The molecule has 0 aliphatic heterocycles. The summed E-state index contributed by atoms with van der Waals surface area (Å²) in [5.74, 6) is 1.33. The highest BCUT2D eigenvalue weighted by atomic mass is 32.2. The number of rotatable bonds is 7. The number of thioether (sulfide) groups is 1. The Morgan fingerprint density at radius 3 is 2.90 bits per heavy atom. The molecule has 0 radical (unpaired) electrons. The van der Waals surface area contributed by atoms with Gasteiger partial charge >= 0.3 is 0 Å². The van der Waals surface area contributed by atoms with Gasteiger partial charge in [0.2, 0.25) is 5.91 Å². The molecule has 1 amide bonds. The summed E-state index contributed by atoms with van der Waals surface area (Å²) in [5.41, 5.74) is 2.37. The van der Waals surface area contributed by atoms with Crippen LogP contribution in [0.2, 0.25) is 0 Å². The second-order valence-corrected chi connectivity index (χ2v) is 6.48. The molecule has 0 spiro atoms. The molecule has 1 unspecified atom stereocenters. The van der Waals surface area contributed by atoms with Crippen LogP contribution >= 0.6 is 11.8 Å². The average molecular weight is 304 g/mol. The summed E-state index contributed by atoms with van der Waals surface area (Å²) in [6.45, 7) is 2.12. The molecular formula is C17H24N2OS. The standard InChI is InChI=1S/C17H24N2OS/c1-13(10-11-21-3)19(2)17(20)9-8-14-12-18-16-7-5-4-6-15(14)16/h4-7,12-13,18H,8-11H2,1-3H3. The predicted molar refractivity (Wildman–Crippen MR) is 91.9 cm³/mol. The van der Waals surface area contributed by atoms with E-state index in [1.165, 1.54) is 10.9 Å². The number of hydrogen-bond acceptors (Lipinski definition) is 2. The molecule has 0 saturated heterocycles. The van der Waals surface area contributed by atoms with Gasteiger partial charge in [0.25, 0.3) is 0 Å². The Bertz CT molecular complexity index is 593. The lowest BCUT2D eigenvalue weighted by atomic mass is 10.1. The maximum atomic E-state index is 12.3. The fraction of sp³-hybridized carbons (Fsp3) is 0.471. The summed E-state index contributed by atoms with van der Waals surface area (Å²) in [6.07, 6.45) is 6.54. The number of aromatic nitrogens is 1. The number of H-pyrrole nitrogens is 1. The third-order valence-electron chi connectivity index (χ3n) is 4.08. The van der Waals surface area contributed by atoms with Gasteiger partial charge in [-0.1, -0.05) is 18.2 Å². The van der Waals surface area contributed by atoms with Crippen LogP contribution in [0.25, 0.3) is 10.9 Å². The van der Waals surface area contributed by atoms with Crippen molar-refractivity contribution in [2.45, 2.75) is 32.2 Å². The first-order valence-electron chi connectivity index (χ1n) is 7.43. The quantitative estimate of drug-likeness (QED) is 0.846. The molecule has 0 bridgehead atoms. The van der Waals surface area contributed by atoms with Crippen molar-refractivity contribution in [2.24, 2.45) is 0 Å². The molecule has 21 heavy (non-hydrogen) atoms. The molecule has 0 aliphatic rings. The monoisotopic (exact) mass is 304 g/mol. The summed E-state index contributed by atoms with van der Waals surface area (Å²) < 4.78 is 0. The van der Waals surface area contributed by atoms with Gasteiger partial charge in [-0.15, -0.1) is 0 Å². The fourth-order valence-corrected chi connectivity index (χ4v) is 3.06. The Morgan fingerprint density at radius 2 is 2.14 bits per heavy atom. The topological polar surface area (TPSA) is 36.1 Å². The summed E-state index contributed by atoms with van der Waals surface area (Å²) in [5, 5.41) is 1.23. The Hall–Kier alpha value is -1.42. The summed E-state index contributed by atoms with van der Waals surface area (Å²) in [7, 11) is 1.92. The Balaban J connectivity index is 1.91. The first kappa shape index (κ1) is 16.0. The van der Waals surface area contributed by atoms with E-state index in [2.05, 4.69) is 30.3 Å². The molecule has 0 saturated carbocycles. The largest absolute Gasteiger partial charge is 0.361 e. The smallest absolute Gasteiger partial charge is 0.222 e. The highest BCUT2D eigenvalue weighted by Crippen LogP contribution is 2.19. The number of para-hydroxylation sites is 1. The zero-order valence-electron chi connectivity index (χ0n) is 13.1. The second kappa shape index (κ2) is 7.55. The molecule has 4 heteroatoms. The van der Waals surface area contributed by atoms with Gasteiger partial charge in [-0.3, -0.25) is 4.79 Å². The third kappa shape index (κ3) is 4.03. The SMILES string of the molecule is CSCCC(C)N(C)C(=O)CCc1c[nH]c2ccccc12. The van der Waals surface area contributed by atoms with E-state index >= 15 is 0 Å². The van der Waals surface area contributed by atoms with Crippen LogP contribution in [0.5, 0.6) is 0 Å². The first-order valence-corrected chi connectivity index (χ1v) is 8.82. The number of amides is 1. The molecule has 114 valence electrons. The average Bonchev–Trinajstić information content (AvgIpc) is 2.92. The van der Waals surface area contributed by atoms with Crippen molar-refractivity contribution < 1.29 is 4.79 Å². The van der Waals surface area contributed by atoms with Gasteiger partial charge in [0.05, 0.1) is 0 Å². The van der Waals surface area contributed by atoms with Crippen molar-refractivity contribution in [3.05, 3.63) is 36.0 Å². The lowest BCUT2D eigenvalue weighted by molar-refractivity contribution is -0.131. The number of hydrogen-bond donors (Lipinski definition) is 1. The maximum absolute atomic E-state index is 12.3. The van der Waals surface area contributed by atoms with Gasteiger partial charge in [0, 0.05) is 36.6 Å². The Labute approximate surface area is 131 Å². The van der Waals surface area contributed by atoms with E-state index < -0.39 is 0 Å². The van der Waals surface area contributed by atoms with Gasteiger partial charge in [0.1, 0.15) is 0 Å². The lowest BCUT2D eigenvalue weighted by Crippen LogP contribution is -2.35. The van der Waals surface area contributed by atoms with Crippen molar-refractivity contribution in [1.82, 2.24) is 9.88 Å². The minimum atomic E-state index is 0.230. The predicted octanol–water partition coefficient (Wildman–Crippen LogP) is 3.70. The fourth-order valence-electron chi connectivity index (χ4n) is 2.48. The molecule has 2 aromatic rings. The van der Waals surface area contributed by atoms with Gasteiger partial charge in [-0.05, 0) is 43.4 Å². The van der Waals surface area contributed by atoms with Crippen LogP contribution in [0, 0.1) is 0 Å². The Kier molecular flexibility index (Phi) is 5.74. The molecule has 1 atom stereocenters. The number of aryl methyl sites for hydroxylation is 1. The van der Waals surface area contributed by atoms with E-state index in [0.29, 0.717) is 12.5 Å². The number of fused-ring (bicyclic) bond motifs is 1. The number of aromatic amines is 1. The van der Waals surface area contributed by atoms with Gasteiger partial charge < -0.3 is 9.88 Å². The van der Waals surface area contributed by atoms with Crippen LogP contribution in [0.4, 0.5) is 0 Å². The first-order chi connectivity index (χ1) is 10.1. The van der Waals surface area contributed by atoms with Crippen LogP contribution < -0.4 is 0 Å². The van der Waals surface area contributed by atoms with Crippen molar-refractivity contribution >= 4 is 28.6 Å². The highest BCUT2D eigenvalue weighted by molar-refractivity contribution is 7.98. The third-order valence-corrected chi connectivity index (χ3v) is 4.72. The molecule has 1 N–H and O–H groups in total. The molecule has 3 nitrogen and oxygen atoms in total. The molecule has 1 heterocycles. The summed E-state index contributed by atoms with van der Waals surface area (Å²) in [4.78, 5) is 17.4. The van der Waals surface area contributed by atoms with Crippen LogP contribution in [0.1, 0.15) is 25.3 Å². The number of nitrogens with zero attached hydrogens (tertiary/aromatic N) is 1. The summed E-state index contributed by atoms with van der Waals surface area (Å²) in [6, 6.07) is 8.55. The van der Waals surface area contributed by atoms with E-state index in [0.717, 1.165) is 24.1 Å². The van der Waals surface area contributed by atoms with Crippen LogP contribution in [-0.4, -0.2) is 40.9 Å². The summed E-state index contributed by atoms with van der Waals surface area (Å²) >= 11 is 1.83. The normalized spacial score (nSPS) is 12.5. The Morgan fingerprint density at radius 1 is 1.38 bits per heavy atom. The second-order valence-electron chi connectivity index (χ2n) is 5.49. The van der Waals surface area contributed by atoms with E-state index in [1.54, 1.807) is 0 Å². The van der Waals surface area contributed by atoms with Crippen molar-refractivity contribution in [2.75, 3.05) is 19.1 Å². The molecule has 0 aliphatic carbocycles. The van der Waals surface area contributed by atoms with Crippen molar-refractivity contribution in [1.29, 1.82) is 0 Å². The van der Waals surface area contributed by atoms with Crippen LogP contribution in [0.3, 0.4) is 0 Å². The molecule has 1 aromatic heterocycles. The molecule has 0 fully saturated rings. The number of carbonyl (C=O) groups is 1. The molecule has 1 aromatic carbocycles. The van der Waals surface area contributed by atoms with E-state index in [4.69, 9.17) is 0 Å². The lowest BCUT2D eigenvalue weighted by Gasteiger charge is -2.24. The maximum Gasteiger partial charge on any atom is 0.222 e. The zero-order valence-corrected chi connectivity index (χ0v) is 13.9. The van der Waals surface area contributed by atoms with E-state index in [-0.39, 0.29) is 5.91 Å². The van der Waals surface area contributed by atoms with Gasteiger partial charge in [-0.25, -0.2) is 0 Å². The van der Waals surface area contributed by atoms with Crippen molar-refractivity contribution in [3.8, 4) is 0 Å². The number of nitrogens with one attached hydrogen (secondary N) is 1. The number of benzene rings is 1. The van der Waals surface area contributed by atoms with Crippen LogP contribution in [0.15, 0.2) is 30.5 Å². The van der Waals surface area contributed by atoms with Crippen LogP contribution in [-0.2, 0) is 11.2 Å². The number of carbonyl (C=O) groups excluding carboxylic acids is 1. The highest BCUT2D eigenvalue weighted by Gasteiger charge is 2.15. The molecular weight excluding hydrogens is 280 g/mol. The van der Waals surface area contributed by atoms with E-state index in [1.807, 2.05) is 42.0 Å². The van der Waals surface area contributed by atoms with Crippen molar-refractivity contribution in [3.63, 3.8) is 0 Å². The molecule has 2 rings (SSSR count). The minimum Gasteiger partial charge on any atom is -0.361 e. The van der Waals surface area contributed by atoms with E-state index in [9.17, 15) is 4.79 Å². The van der Waals surface area contributed by atoms with Gasteiger partial charge in [0.15, 0.2) is 0 Å². The van der Waals surface area contributed by atoms with Gasteiger partial charge in [-0.2, -0.15) is 11.8 Å². The minimum absolute atomic E-state index is 0.230.